The molecular formula is C27H25NP2. The van der Waals surface area contributed by atoms with Crippen LogP contribution >= 0.6 is 16.1 Å². The molecule has 30 heavy (non-hydrogen) atoms. The maximum absolute atomic E-state index is 2.89. The van der Waals surface area contributed by atoms with E-state index in [2.05, 4.69) is 126 Å². The first kappa shape index (κ1) is 19.7. The summed E-state index contributed by atoms with van der Waals surface area (Å²) in [6, 6.07) is 45.2. The lowest BCUT2D eigenvalue weighted by Gasteiger charge is -2.39. The molecular weight excluding hydrogens is 400 g/mol. The first-order valence-corrected chi connectivity index (χ1v) is 13.1. The zero-order valence-corrected chi connectivity index (χ0v) is 18.7. The van der Waals surface area contributed by atoms with Crippen molar-refractivity contribution in [3.05, 3.63) is 121 Å². The van der Waals surface area contributed by atoms with Gasteiger partial charge in [-0.05, 0) is 34.1 Å². The molecule has 0 saturated heterocycles. The Bertz CT molecular complexity index is 889. The third kappa shape index (κ3) is 4.26. The van der Waals surface area contributed by atoms with Crippen molar-refractivity contribution >= 4 is 37.4 Å². The van der Waals surface area contributed by atoms with Gasteiger partial charge in [-0.25, -0.2) is 4.44 Å². The first-order chi connectivity index (χ1) is 14.9. The molecule has 1 nitrogen and oxygen atoms in total. The standard InChI is InChI=1S/C27H25NP2/c1-5-13-24(14-6-1)29(25-15-7-2-8-16-25)28(23-21-22-23)30(26-17-9-3-10-18-26)27-19-11-4-12-20-27/h1-20,23H,21-22H2. The van der Waals surface area contributed by atoms with Crippen LogP contribution in [0, 0.1) is 0 Å². The highest BCUT2D eigenvalue weighted by Gasteiger charge is 2.41. The van der Waals surface area contributed by atoms with Gasteiger partial charge in [-0.15, -0.1) is 0 Å². The van der Waals surface area contributed by atoms with E-state index in [1.807, 2.05) is 0 Å². The molecule has 0 radical (unpaired) electrons. The number of hydrogen-bond acceptors (Lipinski definition) is 1. The minimum absolute atomic E-state index is 0.616. The molecule has 0 heterocycles. The SMILES string of the molecule is c1ccc(P(c2ccccc2)N(C2CC2)P(c2ccccc2)c2ccccc2)cc1. The zero-order chi connectivity index (χ0) is 20.2. The molecule has 0 aromatic heterocycles. The molecule has 1 aliphatic rings. The number of benzene rings is 4. The van der Waals surface area contributed by atoms with E-state index < -0.39 is 16.1 Å². The average Bonchev–Trinajstić information content (AvgIpc) is 3.67. The Kier molecular flexibility index (Phi) is 6.05. The summed E-state index contributed by atoms with van der Waals surface area (Å²) >= 11 is 0. The first-order valence-electron chi connectivity index (χ1n) is 10.5. The Morgan fingerprint density at radius 3 is 0.933 bits per heavy atom. The molecule has 4 aromatic carbocycles. The largest absolute Gasteiger partial charge is 0.242 e. The van der Waals surface area contributed by atoms with Gasteiger partial charge in [-0.3, -0.25) is 0 Å². The van der Waals surface area contributed by atoms with Crippen molar-refractivity contribution in [1.82, 2.24) is 4.44 Å². The molecule has 0 bridgehead atoms. The average molecular weight is 425 g/mol. The van der Waals surface area contributed by atoms with E-state index in [9.17, 15) is 0 Å². The van der Waals surface area contributed by atoms with Crippen molar-refractivity contribution in [2.75, 3.05) is 0 Å². The van der Waals surface area contributed by atoms with Crippen LogP contribution in [0.5, 0.6) is 0 Å². The van der Waals surface area contributed by atoms with Crippen LogP contribution in [0.2, 0.25) is 0 Å². The summed E-state index contributed by atoms with van der Waals surface area (Å²) in [6.07, 6.45) is 2.58. The minimum atomic E-state index is -0.616. The predicted octanol–water partition coefficient (Wildman–Crippen LogP) is 5.55. The summed E-state index contributed by atoms with van der Waals surface area (Å²) in [6.45, 7) is 0. The van der Waals surface area contributed by atoms with Crippen LogP contribution < -0.4 is 21.2 Å². The van der Waals surface area contributed by atoms with Gasteiger partial charge in [0.05, 0.1) is 0 Å². The maximum atomic E-state index is 2.89. The van der Waals surface area contributed by atoms with E-state index >= 15 is 0 Å². The smallest absolute Gasteiger partial charge is 0.0325 e. The molecule has 3 heteroatoms. The van der Waals surface area contributed by atoms with Crippen molar-refractivity contribution in [3.63, 3.8) is 0 Å². The Morgan fingerprint density at radius 2 is 0.700 bits per heavy atom. The molecule has 0 N–H and O–H groups in total. The quantitative estimate of drug-likeness (QED) is 0.351. The number of nitrogens with zero attached hydrogens (tertiary/aromatic N) is 1. The van der Waals surface area contributed by atoms with E-state index in [0.29, 0.717) is 6.04 Å². The fourth-order valence-electron chi connectivity index (χ4n) is 3.77. The van der Waals surface area contributed by atoms with E-state index in [0.717, 1.165) is 0 Å². The lowest BCUT2D eigenvalue weighted by Crippen LogP contribution is -2.33. The fraction of sp³-hybridized carbons (Fsp3) is 0.111. The Hall–Kier alpha value is -2.30. The molecule has 0 spiro atoms. The molecule has 4 aromatic rings. The van der Waals surface area contributed by atoms with E-state index in [4.69, 9.17) is 0 Å². The molecule has 1 aliphatic carbocycles. The molecule has 0 atom stereocenters. The molecule has 0 amide bonds. The summed E-state index contributed by atoms with van der Waals surface area (Å²) in [7, 11) is -1.23. The van der Waals surface area contributed by atoms with Gasteiger partial charge in [0.15, 0.2) is 0 Å². The van der Waals surface area contributed by atoms with Crippen molar-refractivity contribution in [1.29, 1.82) is 0 Å². The van der Waals surface area contributed by atoms with Crippen molar-refractivity contribution < 1.29 is 0 Å². The van der Waals surface area contributed by atoms with Crippen LogP contribution in [0.1, 0.15) is 12.8 Å². The van der Waals surface area contributed by atoms with Crippen molar-refractivity contribution in [2.45, 2.75) is 18.9 Å². The van der Waals surface area contributed by atoms with Gasteiger partial charge in [-0.1, -0.05) is 121 Å². The second-order valence-electron chi connectivity index (χ2n) is 7.52. The highest BCUT2D eigenvalue weighted by atomic mass is 31.2. The minimum Gasteiger partial charge on any atom is -0.242 e. The van der Waals surface area contributed by atoms with Crippen molar-refractivity contribution in [2.24, 2.45) is 0 Å². The monoisotopic (exact) mass is 425 g/mol. The third-order valence-electron chi connectivity index (χ3n) is 5.29. The van der Waals surface area contributed by atoms with Crippen LogP contribution in [0.25, 0.3) is 0 Å². The Labute approximate surface area is 182 Å². The molecule has 148 valence electrons. The van der Waals surface area contributed by atoms with Crippen LogP contribution in [-0.2, 0) is 0 Å². The van der Waals surface area contributed by atoms with Gasteiger partial charge < -0.3 is 0 Å². The van der Waals surface area contributed by atoms with E-state index in [1.54, 1.807) is 0 Å². The highest BCUT2D eigenvalue weighted by molar-refractivity contribution is 7.84. The summed E-state index contributed by atoms with van der Waals surface area (Å²) in [4.78, 5) is 0. The van der Waals surface area contributed by atoms with Crippen LogP contribution in [0.3, 0.4) is 0 Å². The molecule has 1 fully saturated rings. The predicted molar refractivity (Wildman–Crippen MR) is 133 cm³/mol. The van der Waals surface area contributed by atoms with Crippen LogP contribution in [-0.4, -0.2) is 10.5 Å². The molecule has 0 unspecified atom stereocenters. The number of rotatable bonds is 7. The molecule has 5 rings (SSSR count). The van der Waals surface area contributed by atoms with Gasteiger partial charge in [0.25, 0.3) is 0 Å². The lowest BCUT2D eigenvalue weighted by atomic mass is 10.4. The van der Waals surface area contributed by atoms with E-state index in [1.165, 1.54) is 34.1 Å². The van der Waals surface area contributed by atoms with Crippen molar-refractivity contribution in [3.8, 4) is 0 Å². The molecule has 1 saturated carbocycles. The van der Waals surface area contributed by atoms with Gasteiger partial charge in [0, 0.05) is 22.2 Å². The summed E-state index contributed by atoms with van der Waals surface area (Å²) in [5.41, 5.74) is 0. The van der Waals surface area contributed by atoms with Crippen LogP contribution in [0.15, 0.2) is 121 Å². The number of hydrogen-bond donors (Lipinski definition) is 0. The second-order valence-corrected chi connectivity index (χ2v) is 12.0. The fourth-order valence-corrected chi connectivity index (χ4v) is 10.2. The Morgan fingerprint density at radius 1 is 0.433 bits per heavy atom. The lowest BCUT2D eigenvalue weighted by molar-refractivity contribution is 0.710. The third-order valence-corrected chi connectivity index (χ3v) is 11.0. The topological polar surface area (TPSA) is 3.24 Å². The van der Waals surface area contributed by atoms with E-state index in [-0.39, 0.29) is 0 Å². The molecule has 0 aliphatic heterocycles. The van der Waals surface area contributed by atoms with Gasteiger partial charge in [0.2, 0.25) is 0 Å². The van der Waals surface area contributed by atoms with Crippen LogP contribution in [0.4, 0.5) is 0 Å². The summed E-state index contributed by atoms with van der Waals surface area (Å²) in [5, 5.41) is 5.74. The highest BCUT2D eigenvalue weighted by Crippen LogP contribution is 2.59. The van der Waals surface area contributed by atoms with Gasteiger partial charge >= 0.3 is 0 Å². The van der Waals surface area contributed by atoms with Gasteiger partial charge in [-0.2, -0.15) is 0 Å². The zero-order valence-electron chi connectivity index (χ0n) is 16.9. The summed E-state index contributed by atoms with van der Waals surface area (Å²) < 4.78 is 2.89. The van der Waals surface area contributed by atoms with Gasteiger partial charge in [0.1, 0.15) is 0 Å². The summed E-state index contributed by atoms with van der Waals surface area (Å²) in [5.74, 6) is 0. The normalized spacial score (nSPS) is 13.8. The second kappa shape index (κ2) is 9.23. The maximum Gasteiger partial charge on any atom is 0.0325 e. The Balaban J connectivity index is 1.69.